The molecule has 0 spiro atoms. The number of carbonyl (C=O) groups is 1. The number of hydroxylamine groups is 1. The summed E-state index contributed by atoms with van der Waals surface area (Å²) in [6.45, 7) is 6.34. The fourth-order valence-corrected chi connectivity index (χ4v) is 3.21. The van der Waals surface area contributed by atoms with Crippen LogP contribution in [-0.2, 0) is 14.9 Å². The molecular formula is C17H28N2O4S. The first-order valence-corrected chi connectivity index (χ1v) is 9.56. The minimum absolute atomic E-state index is 0.0772. The van der Waals surface area contributed by atoms with Crippen LogP contribution in [0.25, 0.3) is 0 Å². The molecule has 0 bridgehead atoms. The Labute approximate surface area is 145 Å². The van der Waals surface area contributed by atoms with E-state index in [0.29, 0.717) is 11.5 Å². The molecule has 0 aliphatic carbocycles. The van der Waals surface area contributed by atoms with Gasteiger partial charge in [0.2, 0.25) is 0 Å². The maximum atomic E-state index is 12.2. The van der Waals surface area contributed by atoms with E-state index in [4.69, 9.17) is 4.84 Å². The van der Waals surface area contributed by atoms with Crippen LogP contribution < -0.4 is 5.32 Å². The summed E-state index contributed by atoms with van der Waals surface area (Å²) in [6.07, 6.45) is 3.13. The summed E-state index contributed by atoms with van der Waals surface area (Å²) in [5, 5.41) is 2.94. The van der Waals surface area contributed by atoms with Gasteiger partial charge in [0.15, 0.2) is 0 Å². The van der Waals surface area contributed by atoms with Gasteiger partial charge in [-0.1, -0.05) is 31.2 Å². The Hall–Kier alpha value is -1.44. The molecule has 0 saturated heterocycles. The van der Waals surface area contributed by atoms with E-state index in [1.54, 1.807) is 0 Å². The maximum absolute atomic E-state index is 12.2. The largest absolute Gasteiger partial charge is 0.350 e. The average molecular weight is 356 g/mol. The van der Waals surface area contributed by atoms with Crippen LogP contribution in [0.3, 0.4) is 0 Å². The second-order valence-electron chi connectivity index (χ2n) is 6.32. The Kier molecular flexibility index (Phi) is 7.86. The minimum Gasteiger partial charge on any atom is -0.350 e. The van der Waals surface area contributed by atoms with E-state index in [1.165, 1.54) is 38.4 Å². The monoisotopic (exact) mass is 356 g/mol. The molecule has 0 saturated carbocycles. The molecule has 1 aromatic rings. The fourth-order valence-electron chi connectivity index (χ4n) is 2.24. The van der Waals surface area contributed by atoms with Gasteiger partial charge in [-0.15, -0.1) is 0 Å². The van der Waals surface area contributed by atoms with E-state index in [2.05, 4.69) is 19.2 Å². The molecule has 0 fully saturated rings. The molecule has 0 heterocycles. The smallest absolute Gasteiger partial charge is 0.264 e. The quantitative estimate of drug-likeness (QED) is 0.690. The van der Waals surface area contributed by atoms with Gasteiger partial charge < -0.3 is 5.32 Å². The van der Waals surface area contributed by atoms with Crippen LogP contribution in [0.2, 0.25) is 0 Å². The summed E-state index contributed by atoms with van der Waals surface area (Å²) >= 11 is 0. The van der Waals surface area contributed by atoms with Crippen molar-refractivity contribution in [2.24, 2.45) is 5.92 Å². The Morgan fingerprint density at radius 1 is 1.17 bits per heavy atom. The Morgan fingerprint density at radius 2 is 1.75 bits per heavy atom. The van der Waals surface area contributed by atoms with Crippen LogP contribution in [0, 0.1) is 5.92 Å². The van der Waals surface area contributed by atoms with Crippen molar-refractivity contribution < 1.29 is 18.0 Å². The molecule has 0 unspecified atom stereocenters. The molecule has 1 aromatic carbocycles. The van der Waals surface area contributed by atoms with Crippen LogP contribution >= 0.6 is 0 Å². The third-order valence-corrected chi connectivity index (χ3v) is 5.50. The first-order chi connectivity index (χ1) is 11.2. The van der Waals surface area contributed by atoms with Gasteiger partial charge in [-0.3, -0.25) is 9.63 Å². The molecule has 1 N–H and O–H groups in total. The van der Waals surface area contributed by atoms with E-state index in [-0.39, 0.29) is 16.8 Å². The van der Waals surface area contributed by atoms with Crippen LogP contribution in [-0.4, -0.2) is 39.0 Å². The van der Waals surface area contributed by atoms with Gasteiger partial charge in [-0.2, -0.15) is 0 Å². The Balaban J connectivity index is 2.67. The van der Waals surface area contributed by atoms with E-state index >= 15 is 0 Å². The standard InChI is InChI=1S/C17H28N2O4S/c1-13(2)7-6-8-14(3)18-17(20)15-9-11-16(12-10-15)24(21,22)19(4)23-5/h9-14H,6-8H2,1-5H3,(H,18,20)/t14-/m1/s1. The molecule has 6 nitrogen and oxygen atoms in total. The van der Waals surface area contributed by atoms with Crippen molar-refractivity contribution in [2.75, 3.05) is 14.2 Å². The number of amides is 1. The molecule has 0 aliphatic heterocycles. The lowest BCUT2D eigenvalue weighted by Crippen LogP contribution is -2.32. The second kappa shape index (κ2) is 9.15. The predicted molar refractivity (Wildman–Crippen MR) is 94.0 cm³/mol. The van der Waals surface area contributed by atoms with Gasteiger partial charge in [-0.05, 0) is 43.5 Å². The van der Waals surface area contributed by atoms with Crippen molar-refractivity contribution in [3.8, 4) is 0 Å². The topological polar surface area (TPSA) is 75.7 Å². The molecule has 1 rings (SSSR count). The highest BCUT2D eigenvalue weighted by Gasteiger charge is 2.21. The number of carbonyl (C=O) groups excluding carboxylic acids is 1. The molecule has 24 heavy (non-hydrogen) atoms. The van der Waals surface area contributed by atoms with Crippen molar-refractivity contribution in [2.45, 2.75) is 51.0 Å². The number of benzene rings is 1. The van der Waals surface area contributed by atoms with E-state index in [9.17, 15) is 13.2 Å². The summed E-state index contributed by atoms with van der Waals surface area (Å²) in [6, 6.07) is 5.91. The molecule has 1 amide bonds. The molecule has 136 valence electrons. The van der Waals surface area contributed by atoms with E-state index < -0.39 is 10.0 Å². The summed E-state index contributed by atoms with van der Waals surface area (Å²) in [4.78, 5) is 17.0. The second-order valence-corrected chi connectivity index (χ2v) is 8.26. The lowest BCUT2D eigenvalue weighted by Gasteiger charge is -2.16. The summed E-state index contributed by atoms with van der Waals surface area (Å²) in [7, 11) is -1.10. The lowest BCUT2D eigenvalue weighted by molar-refractivity contribution is -0.0258. The van der Waals surface area contributed by atoms with E-state index in [0.717, 1.165) is 23.7 Å². The molecule has 0 radical (unpaired) electrons. The van der Waals surface area contributed by atoms with Crippen molar-refractivity contribution in [3.05, 3.63) is 29.8 Å². The molecule has 1 atom stereocenters. The average Bonchev–Trinajstić information content (AvgIpc) is 2.53. The highest BCUT2D eigenvalue weighted by atomic mass is 32.2. The SMILES string of the molecule is CON(C)S(=O)(=O)c1ccc(C(=O)N[C@H](C)CCCC(C)C)cc1. The van der Waals surface area contributed by atoms with Crippen molar-refractivity contribution in [3.63, 3.8) is 0 Å². The number of hydrogen-bond acceptors (Lipinski definition) is 4. The van der Waals surface area contributed by atoms with Crippen LogP contribution in [0.4, 0.5) is 0 Å². The molecule has 7 heteroatoms. The van der Waals surface area contributed by atoms with Gasteiger partial charge >= 0.3 is 0 Å². The molecule has 0 aliphatic rings. The number of nitrogens with zero attached hydrogens (tertiary/aromatic N) is 1. The first kappa shape index (κ1) is 20.6. The normalized spacial score (nSPS) is 13.3. The number of hydrogen-bond donors (Lipinski definition) is 1. The summed E-state index contributed by atoms with van der Waals surface area (Å²) < 4.78 is 25.0. The summed E-state index contributed by atoms with van der Waals surface area (Å²) in [5.74, 6) is 0.462. The van der Waals surface area contributed by atoms with Crippen LogP contribution in [0.15, 0.2) is 29.2 Å². The van der Waals surface area contributed by atoms with Crippen LogP contribution in [0.1, 0.15) is 50.4 Å². The number of rotatable bonds is 9. The van der Waals surface area contributed by atoms with Gasteiger partial charge in [0, 0.05) is 18.7 Å². The van der Waals surface area contributed by atoms with Crippen molar-refractivity contribution in [1.82, 2.24) is 9.79 Å². The third-order valence-electron chi connectivity index (χ3n) is 3.81. The highest BCUT2D eigenvalue weighted by molar-refractivity contribution is 7.89. The van der Waals surface area contributed by atoms with Gasteiger partial charge in [0.25, 0.3) is 15.9 Å². The zero-order valence-corrected chi connectivity index (χ0v) is 15.9. The number of sulfonamides is 1. The summed E-state index contributed by atoms with van der Waals surface area (Å²) in [5.41, 5.74) is 0.435. The van der Waals surface area contributed by atoms with E-state index in [1.807, 2.05) is 6.92 Å². The van der Waals surface area contributed by atoms with Crippen LogP contribution in [0.5, 0.6) is 0 Å². The predicted octanol–water partition coefficient (Wildman–Crippen LogP) is 2.81. The maximum Gasteiger partial charge on any atom is 0.264 e. The third kappa shape index (κ3) is 5.89. The van der Waals surface area contributed by atoms with Crippen molar-refractivity contribution in [1.29, 1.82) is 0 Å². The number of nitrogens with one attached hydrogen (secondary N) is 1. The molecule has 0 aromatic heterocycles. The van der Waals surface area contributed by atoms with Gasteiger partial charge in [0.1, 0.15) is 0 Å². The molecular weight excluding hydrogens is 328 g/mol. The van der Waals surface area contributed by atoms with Gasteiger partial charge in [0.05, 0.1) is 12.0 Å². The van der Waals surface area contributed by atoms with Crippen molar-refractivity contribution >= 4 is 15.9 Å². The lowest BCUT2D eigenvalue weighted by atomic mass is 10.0. The Bertz CT molecular complexity index is 626. The zero-order valence-electron chi connectivity index (χ0n) is 15.1. The first-order valence-electron chi connectivity index (χ1n) is 8.12. The minimum atomic E-state index is -3.70. The van der Waals surface area contributed by atoms with Gasteiger partial charge in [-0.25, -0.2) is 8.42 Å². The highest BCUT2D eigenvalue weighted by Crippen LogP contribution is 2.15. The zero-order chi connectivity index (χ0) is 18.3. The Morgan fingerprint density at radius 3 is 2.25 bits per heavy atom. The fraction of sp³-hybridized carbons (Fsp3) is 0.588.